The van der Waals surface area contributed by atoms with Crippen molar-refractivity contribution in [1.29, 1.82) is 0 Å². The van der Waals surface area contributed by atoms with Crippen molar-refractivity contribution in [1.82, 2.24) is 9.78 Å². The Balaban J connectivity index is 2.16. The molecule has 16 heavy (non-hydrogen) atoms. The molecule has 0 fully saturated rings. The number of nitrogens with zero attached hydrogens (tertiary/aromatic N) is 2. The van der Waals surface area contributed by atoms with Crippen LogP contribution < -0.4 is 5.32 Å². The Morgan fingerprint density at radius 3 is 2.81 bits per heavy atom. The summed E-state index contributed by atoms with van der Waals surface area (Å²) in [6, 6.07) is 3.71. The van der Waals surface area contributed by atoms with Crippen LogP contribution in [0.5, 0.6) is 0 Å². The zero-order chi connectivity index (χ0) is 11.7. The maximum Gasteiger partial charge on any atom is 0.257 e. The third-order valence-corrected chi connectivity index (χ3v) is 3.86. The van der Waals surface area contributed by atoms with Crippen molar-refractivity contribution in [3.8, 4) is 0 Å². The van der Waals surface area contributed by atoms with Gasteiger partial charge in [-0.3, -0.25) is 9.48 Å². The maximum absolute atomic E-state index is 11.8. The van der Waals surface area contributed by atoms with E-state index in [0.717, 1.165) is 8.58 Å². The monoisotopic (exact) mass is 347 g/mol. The van der Waals surface area contributed by atoms with E-state index in [0.29, 0.717) is 11.4 Å². The number of aromatic nitrogens is 2. The molecule has 4 nitrogen and oxygen atoms in total. The van der Waals surface area contributed by atoms with Crippen LogP contribution in [0.3, 0.4) is 0 Å². The number of nitrogens with one attached hydrogen (secondary N) is 1. The second-order valence-electron chi connectivity index (χ2n) is 3.39. The minimum atomic E-state index is -0.0952. The lowest BCUT2D eigenvalue weighted by atomic mass is 10.3. The zero-order valence-corrected chi connectivity index (χ0v) is 11.8. The van der Waals surface area contributed by atoms with Crippen molar-refractivity contribution in [3.05, 3.63) is 31.7 Å². The zero-order valence-electron chi connectivity index (χ0n) is 8.82. The molecule has 0 saturated heterocycles. The standard InChI is InChI=1S/C10H10IN3OS/c1-6-3-9(14(2)13-6)12-10(15)7-4-8(11)16-5-7/h3-5H,1-2H3,(H,12,15). The van der Waals surface area contributed by atoms with Crippen LogP contribution in [0.25, 0.3) is 0 Å². The lowest BCUT2D eigenvalue weighted by molar-refractivity contribution is 0.102. The highest BCUT2D eigenvalue weighted by atomic mass is 127. The van der Waals surface area contributed by atoms with Crippen LogP contribution in [-0.4, -0.2) is 15.7 Å². The number of hydrogen-bond donors (Lipinski definition) is 1. The van der Waals surface area contributed by atoms with E-state index in [2.05, 4.69) is 33.0 Å². The van der Waals surface area contributed by atoms with Crippen LogP contribution in [0.4, 0.5) is 5.82 Å². The van der Waals surface area contributed by atoms with Gasteiger partial charge in [0.2, 0.25) is 0 Å². The van der Waals surface area contributed by atoms with Gasteiger partial charge in [-0.2, -0.15) is 5.10 Å². The molecule has 0 aliphatic carbocycles. The third kappa shape index (κ3) is 2.43. The summed E-state index contributed by atoms with van der Waals surface area (Å²) in [5.41, 5.74) is 1.57. The number of aryl methyl sites for hydroxylation is 2. The number of rotatable bonds is 2. The molecule has 2 aromatic rings. The van der Waals surface area contributed by atoms with Crippen LogP contribution in [-0.2, 0) is 7.05 Å². The summed E-state index contributed by atoms with van der Waals surface area (Å²) >= 11 is 3.75. The van der Waals surface area contributed by atoms with E-state index in [1.54, 1.807) is 23.1 Å². The summed E-state index contributed by atoms with van der Waals surface area (Å²) in [5, 5.41) is 8.84. The molecule has 1 N–H and O–H groups in total. The summed E-state index contributed by atoms with van der Waals surface area (Å²) in [4.78, 5) is 11.8. The van der Waals surface area contributed by atoms with Gasteiger partial charge in [0.1, 0.15) is 5.82 Å². The maximum atomic E-state index is 11.8. The van der Waals surface area contributed by atoms with Crippen molar-refractivity contribution in [3.63, 3.8) is 0 Å². The van der Waals surface area contributed by atoms with Crippen molar-refractivity contribution < 1.29 is 4.79 Å². The third-order valence-electron chi connectivity index (χ3n) is 2.07. The van der Waals surface area contributed by atoms with Crippen LogP contribution in [0.15, 0.2) is 17.5 Å². The summed E-state index contributed by atoms with van der Waals surface area (Å²) in [6.07, 6.45) is 0. The predicted octanol–water partition coefficient (Wildman–Crippen LogP) is 2.65. The van der Waals surface area contributed by atoms with E-state index in [-0.39, 0.29) is 5.91 Å². The van der Waals surface area contributed by atoms with Gasteiger partial charge in [-0.25, -0.2) is 0 Å². The molecule has 84 valence electrons. The highest BCUT2D eigenvalue weighted by molar-refractivity contribution is 14.1. The Morgan fingerprint density at radius 1 is 1.56 bits per heavy atom. The molecule has 0 saturated carbocycles. The first kappa shape index (κ1) is 11.6. The van der Waals surface area contributed by atoms with Crippen LogP contribution in [0, 0.1) is 9.81 Å². The second kappa shape index (κ2) is 4.54. The molecule has 0 aliphatic heterocycles. The Hall–Kier alpha value is -0.890. The summed E-state index contributed by atoms with van der Waals surface area (Å²) in [7, 11) is 1.81. The van der Waals surface area contributed by atoms with Gasteiger partial charge in [0.25, 0.3) is 5.91 Å². The largest absolute Gasteiger partial charge is 0.307 e. The Morgan fingerprint density at radius 2 is 2.31 bits per heavy atom. The molecule has 0 radical (unpaired) electrons. The van der Waals surface area contributed by atoms with Gasteiger partial charge in [-0.1, -0.05) is 0 Å². The minimum absolute atomic E-state index is 0.0952. The van der Waals surface area contributed by atoms with Gasteiger partial charge < -0.3 is 5.32 Å². The fourth-order valence-corrected chi connectivity index (χ4v) is 2.67. The van der Waals surface area contributed by atoms with Gasteiger partial charge in [-0.05, 0) is 35.6 Å². The molecular formula is C10H10IN3OS. The molecule has 1 amide bonds. The fraction of sp³-hybridized carbons (Fsp3) is 0.200. The summed E-state index contributed by atoms with van der Waals surface area (Å²) < 4.78 is 2.76. The number of amides is 1. The molecule has 2 rings (SSSR count). The molecule has 0 aromatic carbocycles. The smallest absolute Gasteiger partial charge is 0.257 e. The molecule has 0 bridgehead atoms. The quantitative estimate of drug-likeness (QED) is 0.849. The Bertz CT molecular complexity index is 532. The van der Waals surface area contributed by atoms with E-state index >= 15 is 0 Å². The topological polar surface area (TPSA) is 46.9 Å². The molecule has 2 aromatic heterocycles. The van der Waals surface area contributed by atoms with Gasteiger partial charge in [0, 0.05) is 18.5 Å². The number of anilines is 1. The fourth-order valence-electron chi connectivity index (χ4n) is 1.35. The number of carbonyl (C=O) groups excluding carboxylic acids is 1. The highest BCUT2D eigenvalue weighted by Crippen LogP contribution is 2.18. The summed E-state index contributed by atoms with van der Waals surface area (Å²) in [5.74, 6) is 0.617. The second-order valence-corrected chi connectivity index (χ2v) is 6.19. The van der Waals surface area contributed by atoms with Crippen LogP contribution in [0.1, 0.15) is 16.1 Å². The normalized spacial score (nSPS) is 10.4. The number of thiophene rings is 1. The van der Waals surface area contributed by atoms with Gasteiger partial charge in [0.05, 0.1) is 14.1 Å². The molecular weight excluding hydrogens is 337 g/mol. The molecule has 0 aliphatic rings. The first-order chi connectivity index (χ1) is 7.56. The molecule has 0 atom stereocenters. The first-order valence-electron chi connectivity index (χ1n) is 4.62. The van der Waals surface area contributed by atoms with Crippen molar-refractivity contribution in [2.24, 2.45) is 7.05 Å². The lowest BCUT2D eigenvalue weighted by Gasteiger charge is -2.02. The van der Waals surface area contributed by atoms with Crippen molar-refractivity contribution in [2.75, 3.05) is 5.32 Å². The number of halogens is 1. The predicted molar refractivity (Wildman–Crippen MR) is 72.9 cm³/mol. The van der Waals surface area contributed by atoms with Crippen molar-refractivity contribution >= 4 is 45.7 Å². The van der Waals surface area contributed by atoms with Gasteiger partial charge >= 0.3 is 0 Å². The van der Waals surface area contributed by atoms with E-state index < -0.39 is 0 Å². The Labute approximate surface area is 111 Å². The lowest BCUT2D eigenvalue weighted by Crippen LogP contribution is -2.13. The number of carbonyl (C=O) groups is 1. The SMILES string of the molecule is Cc1cc(NC(=O)c2csc(I)c2)n(C)n1. The first-order valence-corrected chi connectivity index (χ1v) is 6.58. The average molecular weight is 347 g/mol. The summed E-state index contributed by atoms with van der Waals surface area (Å²) in [6.45, 7) is 1.89. The minimum Gasteiger partial charge on any atom is -0.307 e. The molecule has 6 heteroatoms. The molecule has 0 unspecified atom stereocenters. The van der Waals surface area contributed by atoms with Crippen molar-refractivity contribution in [2.45, 2.75) is 6.92 Å². The van der Waals surface area contributed by atoms with Crippen LogP contribution in [0.2, 0.25) is 0 Å². The molecule has 0 spiro atoms. The highest BCUT2D eigenvalue weighted by Gasteiger charge is 2.10. The average Bonchev–Trinajstić information content (AvgIpc) is 2.74. The van der Waals surface area contributed by atoms with E-state index in [9.17, 15) is 4.79 Å². The van der Waals surface area contributed by atoms with Gasteiger partial charge in [0.15, 0.2) is 0 Å². The van der Waals surface area contributed by atoms with E-state index in [4.69, 9.17) is 0 Å². The van der Waals surface area contributed by atoms with E-state index in [1.807, 2.05) is 24.4 Å². The molecule has 2 heterocycles. The van der Waals surface area contributed by atoms with Crippen LogP contribution >= 0.6 is 33.9 Å². The van der Waals surface area contributed by atoms with Gasteiger partial charge in [-0.15, -0.1) is 11.3 Å². The van der Waals surface area contributed by atoms with E-state index in [1.165, 1.54) is 0 Å². The number of hydrogen-bond acceptors (Lipinski definition) is 3. The Kier molecular flexibility index (Phi) is 3.29.